The van der Waals surface area contributed by atoms with Crippen molar-refractivity contribution in [3.63, 3.8) is 0 Å². The molecule has 1 N–H and O–H groups in total. The zero-order valence-corrected chi connectivity index (χ0v) is 17.2. The largest absolute Gasteiger partial charge is 0.483 e. The second kappa shape index (κ2) is 9.24. The van der Waals surface area contributed by atoms with Gasteiger partial charge in [0.05, 0.1) is 5.56 Å². The molecule has 0 aliphatic carbocycles. The molecule has 0 radical (unpaired) electrons. The van der Waals surface area contributed by atoms with E-state index in [1.165, 1.54) is 6.33 Å². The Hall–Kier alpha value is -2.96. The van der Waals surface area contributed by atoms with E-state index in [-0.39, 0.29) is 23.8 Å². The quantitative estimate of drug-likeness (QED) is 0.784. The van der Waals surface area contributed by atoms with Crippen molar-refractivity contribution >= 4 is 11.8 Å². The maximum absolute atomic E-state index is 12.9. The first kappa shape index (κ1) is 20.3. The van der Waals surface area contributed by atoms with Crippen LogP contribution in [0.15, 0.2) is 43.0 Å². The fraction of sp³-hybridized carbons (Fsp3) is 0.478. The summed E-state index contributed by atoms with van der Waals surface area (Å²) in [6.45, 7) is 1.93. The molecule has 0 bridgehead atoms. The predicted octanol–water partition coefficient (Wildman–Crippen LogP) is 2.62. The molecule has 1 aromatic heterocycles. The first-order chi connectivity index (χ1) is 14.7. The third kappa shape index (κ3) is 4.78. The molecule has 1 unspecified atom stereocenters. The lowest BCUT2D eigenvalue weighted by molar-refractivity contribution is -0.123. The molecule has 1 saturated heterocycles. The third-order valence-corrected chi connectivity index (χ3v) is 6.15. The number of aryl methyl sites for hydroxylation is 1. The summed E-state index contributed by atoms with van der Waals surface area (Å²) in [5.41, 5.74) is 1.54. The van der Waals surface area contributed by atoms with E-state index in [0.717, 1.165) is 56.4 Å². The summed E-state index contributed by atoms with van der Waals surface area (Å²) >= 11 is 0. The number of hydrogen-bond acceptors (Lipinski definition) is 5. The first-order valence-corrected chi connectivity index (χ1v) is 10.7. The molecule has 1 atom stereocenters. The standard InChI is InChI=1S/C23H28N4O3/c28-21-14-30-20-8-2-1-6-18(20)7-3-4-9-23(15-26-21)10-5-11-27(16-23)22(29)19-12-24-17-25-13-19/h1-2,6,8,12-13,17H,3-5,7,9-11,14-16H2,(H,26,28). The van der Waals surface area contributed by atoms with Crippen LogP contribution in [0.3, 0.4) is 0 Å². The summed E-state index contributed by atoms with van der Waals surface area (Å²) in [7, 11) is 0. The number of para-hydroxylation sites is 1. The Morgan fingerprint density at radius 2 is 1.90 bits per heavy atom. The molecule has 7 heteroatoms. The predicted molar refractivity (Wildman–Crippen MR) is 112 cm³/mol. The number of fused-ring (bicyclic) bond motifs is 1. The van der Waals surface area contributed by atoms with Gasteiger partial charge in [0, 0.05) is 37.4 Å². The number of likely N-dealkylation sites (tertiary alicyclic amines) is 1. The Balaban J connectivity index is 1.48. The van der Waals surface area contributed by atoms with Crippen LogP contribution in [-0.4, -0.2) is 52.9 Å². The van der Waals surface area contributed by atoms with Crippen LogP contribution in [0.25, 0.3) is 0 Å². The number of carbonyl (C=O) groups excluding carboxylic acids is 2. The molecule has 4 rings (SSSR count). The van der Waals surface area contributed by atoms with Gasteiger partial charge in [-0.1, -0.05) is 24.6 Å². The molecule has 30 heavy (non-hydrogen) atoms. The zero-order valence-electron chi connectivity index (χ0n) is 17.2. The van der Waals surface area contributed by atoms with E-state index in [1.54, 1.807) is 12.4 Å². The van der Waals surface area contributed by atoms with Gasteiger partial charge in [0.15, 0.2) is 6.61 Å². The summed E-state index contributed by atoms with van der Waals surface area (Å²) in [4.78, 5) is 35.2. The van der Waals surface area contributed by atoms with Crippen molar-refractivity contribution in [3.8, 4) is 5.75 Å². The van der Waals surface area contributed by atoms with Crippen molar-refractivity contribution in [1.29, 1.82) is 0 Å². The molecule has 7 nitrogen and oxygen atoms in total. The van der Waals surface area contributed by atoms with Gasteiger partial charge in [0.1, 0.15) is 12.1 Å². The van der Waals surface area contributed by atoms with Gasteiger partial charge in [-0.15, -0.1) is 0 Å². The van der Waals surface area contributed by atoms with Gasteiger partial charge in [-0.2, -0.15) is 0 Å². The van der Waals surface area contributed by atoms with Gasteiger partial charge in [-0.3, -0.25) is 9.59 Å². The van der Waals surface area contributed by atoms with E-state index in [2.05, 4.69) is 21.4 Å². The molecule has 2 aliphatic heterocycles. The van der Waals surface area contributed by atoms with Crippen molar-refractivity contribution in [2.75, 3.05) is 26.2 Å². The van der Waals surface area contributed by atoms with Gasteiger partial charge in [0.25, 0.3) is 11.8 Å². The summed E-state index contributed by atoms with van der Waals surface area (Å²) in [6.07, 6.45) is 10.5. The summed E-state index contributed by atoms with van der Waals surface area (Å²) in [5.74, 6) is 0.636. The Labute approximate surface area is 176 Å². The number of ether oxygens (including phenoxy) is 1. The fourth-order valence-corrected chi connectivity index (χ4v) is 4.56. The van der Waals surface area contributed by atoms with E-state index < -0.39 is 0 Å². The highest BCUT2D eigenvalue weighted by atomic mass is 16.5. The normalized spacial score (nSPS) is 22.8. The number of carbonyl (C=O) groups is 2. The van der Waals surface area contributed by atoms with Gasteiger partial charge in [-0.25, -0.2) is 9.97 Å². The average Bonchev–Trinajstić information content (AvgIpc) is 2.79. The molecule has 3 heterocycles. The van der Waals surface area contributed by atoms with Crippen LogP contribution in [0.1, 0.15) is 48.0 Å². The maximum atomic E-state index is 12.9. The van der Waals surface area contributed by atoms with Crippen LogP contribution in [0.4, 0.5) is 0 Å². The number of aromatic nitrogens is 2. The SMILES string of the molecule is O=C1COc2ccccc2CCCCC2(CCCN(C(=O)c3cncnc3)C2)CN1. The van der Waals surface area contributed by atoms with Crippen LogP contribution in [0.5, 0.6) is 5.75 Å². The second-order valence-corrected chi connectivity index (χ2v) is 8.34. The van der Waals surface area contributed by atoms with Crippen LogP contribution < -0.4 is 10.1 Å². The van der Waals surface area contributed by atoms with Crippen molar-refractivity contribution in [2.24, 2.45) is 5.41 Å². The Morgan fingerprint density at radius 1 is 1.10 bits per heavy atom. The molecule has 1 spiro atoms. The number of hydrogen-bond donors (Lipinski definition) is 1. The number of benzene rings is 1. The molecule has 2 amide bonds. The average molecular weight is 409 g/mol. The highest BCUT2D eigenvalue weighted by Crippen LogP contribution is 2.36. The van der Waals surface area contributed by atoms with Crippen LogP contribution >= 0.6 is 0 Å². The molecule has 2 aliphatic rings. The van der Waals surface area contributed by atoms with Crippen molar-refractivity contribution < 1.29 is 14.3 Å². The van der Waals surface area contributed by atoms with Crippen LogP contribution in [-0.2, 0) is 11.2 Å². The lowest BCUT2D eigenvalue weighted by Crippen LogP contribution is -2.51. The monoisotopic (exact) mass is 408 g/mol. The van der Waals surface area contributed by atoms with Crippen molar-refractivity contribution in [1.82, 2.24) is 20.2 Å². The van der Waals surface area contributed by atoms with Crippen molar-refractivity contribution in [3.05, 3.63) is 54.1 Å². The minimum Gasteiger partial charge on any atom is -0.483 e. The highest BCUT2D eigenvalue weighted by molar-refractivity contribution is 5.93. The smallest absolute Gasteiger partial charge is 0.257 e. The molecule has 0 saturated carbocycles. The van der Waals surface area contributed by atoms with Crippen LogP contribution in [0, 0.1) is 5.41 Å². The van der Waals surface area contributed by atoms with E-state index >= 15 is 0 Å². The number of piperidine rings is 1. The topological polar surface area (TPSA) is 84.4 Å². The number of amides is 2. The Bertz CT molecular complexity index is 889. The zero-order chi connectivity index (χ0) is 20.8. The summed E-state index contributed by atoms with van der Waals surface area (Å²) < 4.78 is 5.78. The fourth-order valence-electron chi connectivity index (χ4n) is 4.56. The van der Waals surface area contributed by atoms with E-state index in [0.29, 0.717) is 18.7 Å². The molecular formula is C23H28N4O3. The molecule has 2 aromatic rings. The number of nitrogens with one attached hydrogen (secondary N) is 1. The van der Waals surface area contributed by atoms with Gasteiger partial charge < -0.3 is 15.0 Å². The minimum absolute atomic E-state index is 0.0110. The number of rotatable bonds is 1. The first-order valence-electron chi connectivity index (χ1n) is 10.7. The second-order valence-electron chi connectivity index (χ2n) is 8.34. The molecule has 1 fully saturated rings. The van der Waals surface area contributed by atoms with Gasteiger partial charge in [-0.05, 0) is 43.7 Å². The van der Waals surface area contributed by atoms with Crippen LogP contribution in [0.2, 0.25) is 0 Å². The minimum atomic E-state index is -0.121. The number of nitrogens with zero attached hydrogens (tertiary/aromatic N) is 3. The summed E-state index contributed by atoms with van der Waals surface area (Å²) in [6, 6.07) is 7.93. The Morgan fingerprint density at radius 3 is 2.77 bits per heavy atom. The highest BCUT2D eigenvalue weighted by Gasteiger charge is 2.37. The van der Waals surface area contributed by atoms with Crippen molar-refractivity contribution in [2.45, 2.75) is 38.5 Å². The lowest BCUT2D eigenvalue weighted by Gasteiger charge is -2.43. The maximum Gasteiger partial charge on any atom is 0.257 e. The Kier molecular flexibility index (Phi) is 6.26. The van der Waals surface area contributed by atoms with E-state index in [9.17, 15) is 9.59 Å². The van der Waals surface area contributed by atoms with Gasteiger partial charge in [0.2, 0.25) is 0 Å². The lowest BCUT2D eigenvalue weighted by atomic mass is 9.75. The summed E-state index contributed by atoms with van der Waals surface area (Å²) in [5, 5.41) is 3.06. The van der Waals surface area contributed by atoms with Gasteiger partial charge >= 0.3 is 0 Å². The molecular weight excluding hydrogens is 380 g/mol. The molecule has 1 aromatic carbocycles. The van der Waals surface area contributed by atoms with E-state index in [1.807, 2.05) is 23.1 Å². The molecule has 158 valence electrons. The third-order valence-electron chi connectivity index (χ3n) is 6.15. The van der Waals surface area contributed by atoms with E-state index in [4.69, 9.17) is 4.74 Å².